The van der Waals surface area contributed by atoms with Crippen molar-refractivity contribution < 1.29 is 14.3 Å². The van der Waals surface area contributed by atoms with E-state index in [0.29, 0.717) is 32.8 Å². The average molecular weight is 436 g/mol. The summed E-state index contributed by atoms with van der Waals surface area (Å²) in [5.74, 6) is 0.280. The van der Waals surface area contributed by atoms with Crippen LogP contribution in [0.3, 0.4) is 0 Å². The van der Waals surface area contributed by atoms with E-state index in [0.717, 1.165) is 16.9 Å². The predicted molar refractivity (Wildman–Crippen MR) is 117 cm³/mol. The van der Waals surface area contributed by atoms with Gasteiger partial charge in [0.05, 0.1) is 18.5 Å². The van der Waals surface area contributed by atoms with E-state index in [2.05, 4.69) is 10.1 Å². The number of carbonyl (C=O) groups is 1. The third-order valence-corrected chi connectivity index (χ3v) is 5.71. The first-order chi connectivity index (χ1) is 14.9. The smallest absolute Gasteiger partial charge is 0.353 e. The number of ether oxygens (including phenoxy) is 2. The molecule has 2 aromatic carbocycles. The molecular weight excluding hydrogens is 416 g/mol. The molecule has 0 atom stereocenters. The summed E-state index contributed by atoms with van der Waals surface area (Å²) in [6, 6.07) is 14.5. The van der Waals surface area contributed by atoms with Gasteiger partial charge in [-0.1, -0.05) is 53.3 Å². The molecule has 2 heterocycles. The van der Waals surface area contributed by atoms with E-state index in [-0.39, 0.29) is 17.5 Å². The molecule has 2 aromatic heterocycles. The number of para-hydroxylation sites is 2. The number of nitrogens with zero attached hydrogens (tertiary/aromatic N) is 4. The van der Waals surface area contributed by atoms with Crippen LogP contribution in [0, 0.1) is 13.8 Å². The van der Waals surface area contributed by atoms with Gasteiger partial charge in [-0.25, -0.2) is 19.0 Å². The van der Waals surface area contributed by atoms with Gasteiger partial charge in [0.15, 0.2) is 5.75 Å². The lowest BCUT2D eigenvalue weighted by Crippen LogP contribution is -2.22. The molecule has 0 aliphatic rings. The Kier molecular flexibility index (Phi) is 5.43. The highest BCUT2D eigenvalue weighted by molar-refractivity contribution is 7.15. The van der Waals surface area contributed by atoms with Crippen LogP contribution in [0.25, 0.3) is 5.69 Å². The Morgan fingerprint density at radius 1 is 1.06 bits per heavy atom. The number of hydrogen-bond donors (Lipinski definition) is 0. The average Bonchev–Trinajstić information content (AvgIpc) is 3.27. The quantitative estimate of drug-likeness (QED) is 0.429. The highest BCUT2D eigenvalue weighted by atomic mass is 32.1. The molecule has 0 saturated heterocycles. The summed E-state index contributed by atoms with van der Waals surface area (Å²) in [7, 11) is 2.98. The second kappa shape index (κ2) is 8.19. The molecule has 31 heavy (non-hydrogen) atoms. The Balaban J connectivity index is 1.69. The molecule has 4 aromatic rings. The highest BCUT2D eigenvalue weighted by Crippen LogP contribution is 2.34. The molecule has 158 valence electrons. The number of rotatable bonds is 6. The van der Waals surface area contributed by atoms with E-state index in [1.807, 2.05) is 19.1 Å². The van der Waals surface area contributed by atoms with Crippen molar-refractivity contribution in [3.05, 3.63) is 80.7 Å². The van der Waals surface area contributed by atoms with E-state index in [1.54, 1.807) is 43.3 Å². The maximum atomic E-state index is 12.9. The summed E-state index contributed by atoms with van der Waals surface area (Å²) in [4.78, 5) is 30.4. The Morgan fingerprint density at radius 2 is 1.77 bits per heavy atom. The van der Waals surface area contributed by atoms with Gasteiger partial charge in [-0.3, -0.25) is 4.79 Å². The van der Waals surface area contributed by atoms with Crippen molar-refractivity contribution in [3.8, 4) is 22.6 Å². The monoisotopic (exact) mass is 436 g/mol. The highest BCUT2D eigenvalue weighted by Gasteiger charge is 2.21. The normalized spacial score (nSPS) is 10.8. The molecule has 0 bridgehead atoms. The van der Waals surface area contributed by atoms with Gasteiger partial charge in [0.25, 0.3) is 5.19 Å². The van der Waals surface area contributed by atoms with Crippen LogP contribution in [0.5, 0.6) is 17.0 Å². The van der Waals surface area contributed by atoms with Crippen LogP contribution in [-0.2, 0) is 7.05 Å². The van der Waals surface area contributed by atoms with E-state index in [4.69, 9.17) is 9.47 Å². The molecule has 0 amide bonds. The molecule has 9 heteroatoms. The Labute approximate surface area is 182 Å². The van der Waals surface area contributed by atoms with Crippen molar-refractivity contribution >= 4 is 17.1 Å². The Bertz CT molecular complexity index is 1320. The lowest BCUT2D eigenvalue weighted by Gasteiger charge is -2.10. The van der Waals surface area contributed by atoms with Gasteiger partial charge in [-0.15, -0.1) is 5.10 Å². The van der Waals surface area contributed by atoms with Crippen LogP contribution in [-0.4, -0.2) is 32.2 Å². The van der Waals surface area contributed by atoms with Crippen molar-refractivity contribution in [2.45, 2.75) is 13.8 Å². The summed E-state index contributed by atoms with van der Waals surface area (Å²) in [6.07, 6.45) is 0. The zero-order chi connectivity index (χ0) is 22.1. The fourth-order valence-electron chi connectivity index (χ4n) is 3.06. The van der Waals surface area contributed by atoms with Crippen molar-refractivity contribution in [2.75, 3.05) is 7.11 Å². The molecule has 8 nitrogen and oxygen atoms in total. The van der Waals surface area contributed by atoms with Crippen LogP contribution >= 0.6 is 11.3 Å². The molecule has 0 aliphatic carbocycles. The molecule has 0 spiro atoms. The van der Waals surface area contributed by atoms with Crippen molar-refractivity contribution in [3.63, 3.8) is 0 Å². The van der Waals surface area contributed by atoms with Gasteiger partial charge in [0.1, 0.15) is 4.88 Å². The number of hydrogen-bond acceptors (Lipinski definition) is 7. The molecule has 0 fully saturated rings. The predicted octanol–water partition coefficient (Wildman–Crippen LogP) is 3.68. The minimum absolute atomic E-state index is 0.108. The first-order valence-electron chi connectivity index (χ1n) is 9.45. The second-order valence-corrected chi connectivity index (χ2v) is 7.85. The van der Waals surface area contributed by atoms with Gasteiger partial charge in [-0.2, -0.15) is 0 Å². The van der Waals surface area contributed by atoms with Crippen LogP contribution in [0.1, 0.15) is 26.5 Å². The van der Waals surface area contributed by atoms with Crippen molar-refractivity contribution in [1.82, 2.24) is 19.3 Å². The van der Waals surface area contributed by atoms with E-state index < -0.39 is 0 Å². The number of carbonyl (C=O) groups excluding carboxylic acids is 1. The zero-order valence-electron chi connectivity index (χ0n) is 17.4. The minimum Gasteiger partial charge on any atom is -0.467 e. The number of methoxy groups -OCH3 is 1. The number of benzene rings is 2. The van der Waals surface area contributed by atoms with Crippen LogP contribution < -0.4 is 15.2 Å². The van der Waals surface area contributed by atoms with E-state index in [1.165, 1.54) is 23.4 Å². The molecule has 4 rings (SSSR count). The Hall–Kier alpha value is -3.72. The lowest BCUT2D eigenvalue weighted by atomic mass is 10.1. The summed E-state index contributed by atoms with van der Waals surface area (Å²) < 4.78 is 13.7. The van der Waals surface area contributed by atoms with Gasteiger partial charge >= 0.3 is 11.7 Å². The number of ketones is 1. The van der Waals surface area contributed by atoms with Gasteiger partial charge < -0.3 is 9.47 Å². The lowest BCUT2D eigenvalue weighted by molar-refractivity contribution is 0.104. The van der Waals surface area contributed by atoms with E-state index in [9.17, 15) is 9.59 Å². The van der Waals surface area contributed by atoms with Gasteiger partial charge in [0.2, 0.25) is 5.78 Å². The summed E-state index contributed by atoms with van der Waals surface area (Å²) >= 11 is 1.16. The number of thiazole rings is 1. The number of aryl methyl sites for hydroxylation is 3. The number of aromatic nitrogens is 4. The van der Waals surface area contributed by atoms with Crippen LogP contribution in [0.2, 0.25) is 0 Å². The van der Waals surface area contributed by atoms with Crippen molar-refractivity contribution in [1.29, 1.82) is 0 Å². The third kappa shape index (κ3) is 3.87. The summed E-state index contributed by atoms with van der Waals surface area (Å²) in [5, 5.41) is 4.37. The SMILES string of the molecule is COc1nn(C)c(=O)n1-c1ccccc1Oc1nc(C)c(C(=O)c2ccc(C)cc2)s1. The maximum Gasteiger partial charge on any atom is 0.353 e. The maximum absolute atomic E-state index is 12.9. The summed E-state index contributed by atoms with van der Waals surface area (Å²) in [6.45, 7) is 3.74. The van der Waals surface area contributed by atoms with E-state index >= 15 is 0 Å². The fourth-order valence-corrected chi connectivity index (χ4v) is 3.96. The van der Waals surface area contributed by atoms with Crippen LogP contribution in [0.15, 0.2) is 53.3 Å². The second-order valence-electron chi connectivity index (χ2n) is 6.89. The fraction of sp³-hybridized carbons (Fsp3) is 0.182. The summed E-state index contributed by atoms with van der Waals surface area (Å²) in [5.41, 5.74) is 2.34. The third-order valence-electron chi connectivity index (χ3n) is 4.68. The standard InChI is InChI=1S/C22H20N4O4S/c1-13-9-11-15(12-10-13)18(27)19-14(2)23-21(31-19)30-17-8-6-5-7-16(17)26-20(29-4)24-25(3)22(26)28/h5-12H,1-4H3. The van der Waals surface area contributed by atoms with Gasteiger partial charge in [-0.05, 0) is 26.0 Å². The molecule has 0 aliphatic heterocycles. The molecule has 0 saturated carbocycles. The van der Waals surface area contributed by atoms with Crippen molar-refractivity contribution in [2.24, 2.45) is 7.05 Å². The molecule has 0 radical (unpaired) electrons. The van der Waals surface area contributed by atoms with Crippen LogP contribution in [0.4, 0.5) is 0 Å². The minimum atomic E-state index is -0.376. The molecule has 0 N–H and O–H groups in total. The zero-order valence-corrected chi connectivity index (χ0v) is 18.3. The Morgan fingerprint density at radius 3 is 2.48 bits per heavy atom. The topological polar surface area (TPSA) is 88.2 Å². The first kappa shape index (κ1) is 20.5. The first-order valence-corrected chi connectivity index (χ1v) is 10.3. The molecule has 0 unspecified atom stereocenters. The molecular formula is C22H20N4O4S. The van der Waals surface area contributed by atoms with Gasteiger partial charge in [0, 0.05) is 12.6 Å². The largest absolute Gasteiger partial charge is 0.467 e.